The lowest BCUT2D eigenvalue weighted by Crippen LogP contribution is -2.10. The molecule has 0 bridgehead atoms. The Kier molecular flexibility index (Phi) is 3.17. The molecule has 1 unspecified atom stereocenters. The van der Waals surface area contributed by atoms with Gasteiger partial charge in [-0.1, -0.05) is 12.1 Å². The summed E-state index contributed by atoms with van der Waals surface area (Å²) in [5.74, 6) is 1.13. The molecular weight excluding hydrogens is 216 g/mol. The van der Waals surface area contributed by atoms with Crippen LogP contribution in [0.1, 0.15) is 24.2 Å². The molecule has 2 aromatic rings. The molecule has 17 heavy (non-hydrogen) atoms. The molecule has 0 saturated carbocycles. The topological polar surface area (TPSA) is 88.7 Å². The van der Waals surface area contributed by atoms with Crippen molar-refractivity contribution in [1.82, 2.24) is 10.1 Å². The zero-order valence-electron chi connectivity index (χ0n) is 9.42. The molecule has 0 aliphatic carbocycles. The molecule has 1 heterocycles. The Bertz CT molecular complexity index is 538. The van der Waals surface area contributed by atoms with E-state index in [9.17, 15) is 0 Å². The Morgan fingerprint density at radius 1 is 1.41 bits per heavy atom. The minimum Gasteiger partial charge on any atom is -0.334 e. The number of nitrogens with two attached hydrogens (primary N) is 1. The van der Waals surface area contributed by atoms with Gasteiger partial charge in [0.2, 0.25) is 0 Å². The molecule has 5 heteroatoms. The first-order valence-corrected chi connectivity index (χ1v) is 5.29. The van der Waals surface area contributed by atoms with Gasteiger partial charge in [-0.25, -0.2) is 0 Å². The number of aromatic nitrogens is 2. The highest BCUT2D eigenvalue weighted by Gasteiger charge is 2.13. The van der Waals surface area contributed by atoms with Gasteiger partial charge in [0, 0.05) is 18.0 Å². The van der Waals surface area contributed by atoms with Crippen LogP contribution in [0.4, 0.5) is 0 Å². The SMILES string of the molecule is CC(CN)c1noc(-c2ccc(C#N)cc2)n1. The fourth-order valence-electron chi connectivity index (χ4n) is 1.35. The molecule has 0 aliphatic heterocycles. The predicted octanol–water partition coefficient (Wildman–Crippen LogP) is 1.67. The highest BCUT2D eigenvalue weighted by atomic mass is 16.5. The lowest BCUT2D eigenvalue weighted by molar-refractivity contribution is 0.418. The van der Waals surface area contributed by atoms with Crippen molar-refractivity contribution in [2.75, 3.05) is 6.54 Å². The van der Waals surface area contributed by atoms with E-state index in [1.165, 1.54) is 0 Å². The molecule has 5 nitrogen and oxygen atoms in total. The second kappa shape index (κ2) is 4.76. The van der Waals surface area contributed by atoms with Crippen molar-refractivity contribution >= 4 is 0 Å². The minimum atomic E-state index is 0.0749. The molecule has 86 valence electrons. The van der Waals surface area contributed by atoms with E-state index in [4.69, 9.17) is 15.5 Å². The van der Waals surface area contributed by atoms with Gasteiger partial charge in [0.05, 0.1) is 11.6 Å². The van der Waals surface area contributed by atoms with Crippen molar-refractivity contribution in [3.05, 3.63) is 35.7 Å². The largest absolute Gasteiger partial charge is 0.334 e. The highest BCUT2D eigenvalue weighted by molar-refractivity contribution is 5.54. The number of benzene rings is 1. The maximum absolute atomic E-state index is 8.69. The first-order valence-electron chi connectivity index (χ1n) is 5.29. The molecule has 2 N–H and O–H groups in total. The summed E-state index contributed by atoms with van der Waals surface area (Å²) in [5, 5.41) is 12.6. The average Bonchev–Trinajstić information content (AvgIpc) is 2.87. The molecule has 1 aromatic heterocycles. The fourth-order valence-corrected chi connectivity index (χ4v) is 1.35. The number of hydrogen-bond acceptors (Lipinski definition) is 5. The van der Waals surface area contributed by atoms with E-state index in [-0.39, 0.29) is 5.92 Å². The summed E-state index contributed by atoms with van der Waals surface area (Å²) in [6, 6.07) is 9.04. The van der Waals surface area contributed by atoms with Crippen LogP contribution >= 0.6 is 0 Å². The standard InChI is InChI=1S/C12H12N4O/c1-8(6-13)11-15-12(17-16-11)10-4-2-9(7-14)3-5-10/h2-5,8H,6,13H2,1H3. The number of nitriles is 1. The Labute approximate surface area is 98.9 Å². The molecule has 0 fully saturated rings. The lowest BCUT2D eigenvalue weighted by Gasteiger charge is -1.98. The summed E-state index contributed by atoms with van der Waals surface area (Å²) in [5.41, 5.74) is 6.93. The van der Waals surface area contributed by atoms with Crippen LogP contribution < -0.4 is 5.73 Å². The Balaban J connectivity index is 2.28. The zero-order chi connectivity index (χ0) is 12.3. The second-order valence-electron chi connectivity index (χ2n) is 3.78. The molecule has 1 aromatic carbocycles. The van der Waals surface area contributed by atoms with Crippen molar-refractivity contribution in [3.8, 4) is 17.5 Å². The van der Waals surface area contributed by atoms with Crippen molar-refractivity contribution in [2.45, 2.75) is 12.8 Å². The number of hydrogen-bond donors (Lipinski definition) is 1. The van der Waals surface area contributed by atoms with E-state index in [2.05, 4.69) is 16.2 Å². The van der Waals surface area contributed by atoms with Crippen molar-refractivity contribution in [2.24, 2.45) is 5.73 Å². The van der Waals surface area contributed by atoms with E-state index in [1.807, 2.05) is 6.92 Å². The molecule has 0 saturated heterocycles. The average molecular weight is 228 g/mol. The molecule has 0 aliphatic rings. The van der Waals surface area contributed by atoms with Gasteiger partial charge in [0.1, 0.15) is 0 Å². The summed E-state index contributed by atoms with van der Waals surface area (Å²) in [7, 11) is 0. The van der Waals surface area contributed by atoms with Crippen molar-refractivity contribution < 1.29 is 4.52 Å². The maximum Gasteiger partial charge on any atom is 0.257 e. The minimum absolute atomic E-state index is 0.0749. The van der Waals surface area contributed by atoms with Crippen LogP contribution in [0.25, 0.3) is 11.5 Å². The van der Waals surface area contributed by atoms with Crippen molar-refractivity contribution in [3.63, 3.8) is 0 Å². The van der Waals surface area contributed by atoms with Gasteiger partial charge in [0.25, 0.3) is 5.89 Å². The van der Waals surface area contributed by atoms with Gasteiger partial charge in [-0.2, -0.15) is 10.2 Å². The van der Waals surface area contributed by atoms with Crippen LogP contribution in [-0.4, -0.2) is 16.7 Å². The molecule has 2 rings (SSSR count). The van der Waals surface area contributed by atoms with Gasteiger partial charge < -0.3 is 10.3 Å². The summed E-state index contributed by atoms with van der Waals surface area (Å²) in [6.07, 6.45) is 0. The molecular formula is C12H12N4O. The van der Waals surface area contributed by atoms with Gasteiger partial charge >= 0.3 is 0 Å². The summed E-state index contributed by atoms with van der Waals surface area (Å²) in [6.45, 7) is 2.42. The molecule has 1 atom stereocenters. The maximum atomic E-state index is 8.69. The molecule has 0 radical (unpaired) electrons. The second-order valence-corrected chi connectivity index (χ2v) is 3.78. The van der Waals surface area contributed by atoms with E-state index in [0.717, 1.165) is 5.56 Å². The zero-order valence-corrected chi connectivity index (χ0v) is 9.42. The predicted molar refractivity (Wildman–Crippen MR) is 61.9 cm³/mol. The molecule has 0 amide bonds. The van der Waals surface area contributed by atoms with E-state index in [1.54, 1.807) is 24.3 Å². The Morgan fingerprint density at radius 3 is 2.71 bits per heavy atom. The van der Waals surface area contributed by atoms with Crippen LogP contribution in [0.5, 0.6) is 0 Å². The summed E-state index contributed by atoms with van der Waals surface area (Å²) >= 11 is 0. The highest BCUT2D eigenvalue weighted by Crippen LogP contribution is 2.19. The van der Waals surface area contributed by atoms with Gasteiger partial charge in [-0.15, -0.1) is 0 Å². The van der Waals surface area contributed by atoms with Crippen LogP contribution in [0, 0.1) is 11.3 Å². The van der Waals surface area contributed by atoms with E-state index in [0.29, 0.717) is 23.8 Å². The quantitative estimate of drug-likeness (QED) is 0.863. The third-order valence-electron chi connectivity index (χ3n) is 2.50. The van der Waals surface area contributed by atoms with Crippen LogP contribution in [0.2, 0.25) is 0 Å². The van der Waals surface area contributed by atoms with Crippen LogP contribution in [-0.2, 0) is 0 Å². The Morgan fingerprint density at radius 2 is 2.12 bits per heavy atom. The van der Waals surface area contributed by atoms with E-state index < -0.39 is 0 Å². The third-order valence-corrected chi connectivity index (χ3v) is 2.50. The third kappa shape index (κ3) is 2.32. The Hall–Kier alpha value is -2.19. The van der Waals surface area contributed by atoms with Gasteiger partial charge in [0.15, 0.2) is 5.82 Å². The van der Waals surface area contributed by atoms with Gasteiger partial charge in [-0.05, 0) is 24.3 Å². The van der Waals surface area contributed by atoms with E-state index >= 15 is 0 Å². The van der Waals surface area contributed by atoms with Crippen LogP contribution in [0.15, 0.2) is 28.8 Å². The number of rotatable bonds is 3. The summed E-state index contributed by atoms with van der Waals surface area (Å²) in [4.78, 5) is 4.27. The fraction of sp³-hybridized carbons (Fsp3) is 0.250. The molecule has 0 spiro atoms. The van der Waals surface area contributed by atoms with Crippen LogP contribution in [0.3, 0.4) is 0 Å². The first kappa shape index (κ1) is 11.3. The van der Waals surface area contributed by atoms with Gasteiger partial charge in [-0.3, -0.25) is 0 Å². The monoisotopic (exact) mass is 228 g/mol. The smallest absolute Gasteiger partial charge is 0.257 e. The van der Waals surface area contributed by atoms with Crippen molar-refractivity contribution in [1.29, 1.82) is 5.26 Å². The normalized spacial score (nSPS) is 12.1. The number of nitrogens with zero attached hydrogens (tertiary/aromatic N) is 3. The first-order chi connectivity index (χ1) is 8.24. The summed E-state index contributed by atoms with van der Waals surface area (Å²) < 4.78 is 5.15. The lowest BCUT2D eigenvalue weighted by atomic mass is 10.1.